The zero-order chi connectivity index (χ0) is 24.5. The lowest BCUT2D eigenvalue weighted by Gasteiger charge is -2.21. The molecule has 0 aliphatic carbocycles. The molecule has 0 N–H and O–H groups in total. The van der Waals surface area contributed by atoms with Gasteiger partial charge in [0.05, 0.1) is 12.8 Å². The first-order chi connectivity index (χ1) is 16.2. The van der Waals surface area contributed by atoms with E-state index in [-0.39, 0.29) is 4.75 Å². The van der Waals surface area contributed by atoms with E-state index in [0.29, 0.717) is 11.5 Å². The van der Waals surface area contributed by atoms with Gasteiger partial charge in [-0.15, -0.1) is 11.8 Å². The van der Waals surface area contributed by atoms with Gasteiger partial charge < -0.3 is 9.30 Å². The molecule has 5 heteroatoms. The number of halogens is 1. The van der Waals surface area contributed by atoms with E-state index in [1.54, 1.807) is 19.4 Å². The van der Waals surface area contributed by atoms with E-state index in [4.69, 9.17) is 4.74 Å². The van der Waals surface area contributed by atoms with E-state index in [2.05, 4.69) is 80.7 Å². The van der Waals surface area contributed by atoms with Gasteiger partial charge >= 0.3 is 0 Å². The topological polar surface area (TPSA) is 27.1 Å². The van der Waals surface area contributed by atoms with Gasteiger partial charge in [0.15, 0.2) is 0 Å². The third-order valence-electron chi connectivity index (χ3n) is 6.05. The zero-order valence-corrected chi connectivity index (χ0v) is 21.7. The highest BCUT2D eigenvalue weighted by atomic mass is 32.2. The molecule has 0 amide bonds. The van der Waals surface area contributed by atoms with Crippen molar-refractivity contribution in [3.63, 3.8) is 0 Å². The largest absolute Gasteiger partial charge is 0.497 e. The van der Waals surface area contributed by atoms with Gasteiger partial charge in [0.1, 0.15) is 12.4 Å². The van der Waals surface area contributed by atoms with Crippen LogP contribution in [-0.4, -0.2) is 21.4 Å². The number of hydrogen-bond acceptors (Lipinski definition) is 3. The van der Waals surface area contributed by atoms with Crippen LogP contribution in [0.3, 0.4) is 0 Å². The highest BCUT2D eigenvalue weighted by Gasteiger charge is 2.25. The van der Waals surface area contributed by atoms with E-state index < -0.39 is 6.67 Å². The van der Waals surface area contributed by atoms with Crippen LogP contribution in [0.2, 0.25) is 0 Å². The van der Waals surface area contributed by atoms with Crippen molar-refractivity contribution < 1.29 is 9.13 Å². The molecule has 4 aromatic rings. The second-order valence-electron chi connectivity index (χ2n) is 9.86. The van der Waals surface area contributed by atoms with Gasteiger partial charge in [0.25, 0.3) is 0 Å². The molecule has 3 nitrogen and oxygen atoms in total. The van der Waals surface area contributed by atoms with Crippen LogP contribution in [0, 0.1) is 0 Å². The SMILES string of the molecule is COc1ccc2c(c1)c(SC(C)(C)C)c(C(C)Cc1ccc(-c3ccc(CF)cn3)cc1)n2C. The molecule has 2 aromatic heterocycles. The quantitative estimate of drug-likeness (QED) is 0.253. The molecule has 0 radical (unpaired) electrons. The summed E-state index contributed by atoms with van der Waals surface area (Å²) in [4.78, 5) is 5.74. The first kappa shape index (κ1) is 24.3. The number of fused-ring (bicyclic) bond motifs is 1. The summed E-state index contributed by atoms with van der Waals surface area (Å²) >= 11 is 1.93. The van der Waals surface area contributed by atoms with Crippen molar-refractivity contribution in [2.45, 2.75) is 56.4 Å². The molecule has 178 valence electrons. The van der Waals surface area contributed by atoms with Crippen molar-refractivity contribution in [3.05, 3.63) is 77.6 Å². The number of thioether (sulfide) groups is 1. The number of aromatic nitrogens is 2. The number of alkyl halides is 1. The first-order valence-corrected chi connectivity index (χ1v) is 12.5. The Balaban J connectivity index is 1.65. The van der Waals surface area contributed by atoms with Crippen LogP contribution in [0.4, 0.5) is 4.39 Å². The maximum atomic E-state index is 12.8. The average molecular weight is 477 g/mol. The first-order valence-electron chi connectivity index (χ1n) is 11.7. The van der Waals surface area contributed by atoms with Crippen molar-refractivity contribution >= 4 is 22.7 Å². The maximum absolute atomic E-state index is 12.8. The highest BCUT2D eigenvalue weighted by Crippen LogP contribution is 2.44. The maximum Gasteiger partial charge on any atom is 0.119 e. The van der Waals surface area contributed by atoms with Gasteiger partial charge in [-0.05, 0) is 36.2 Å². The third-order valence-corrected chi connectivity index (χ3v) is 7.29. The van der Waals surface area contributed by atoms with Crippen LogP contribution >= 0.6 is 11.8 Å². The lowest BCUT2D eigenvalue weighted by Crippen LogP contribution is -2.10. The molecule has 1 unspecified atom stereocenters. The Morgan fingerprint density at radius 1 is 1.03 bits per heavy atom. The third kappa shape index (κ3) is 5.15. The van der Waals surface area contributed by atoms with E-state index in [1.807, 2.05) is 23.9 Å². The summed E-state index contributed by atoms with van der Waals surface area (Å²) in [5, 5.41) is 1.25. The smallest absolute Gasteiger partial charge is 0.119 e. The molecule has 0 spiro atoms. The van der Waals surface area contributed by atoms with Crippen molar-refractivity contribution in [2.75, 3.05) is 7.11 Å². The molecule has 0 aliphatic heterocycles. The normalized spacial score (nSPS) is 12.8. The fourth-order valence-electron chi connectivity index (χ4n) is 4.44. The Kier molecular flexibility index (Phi) is 7.04. The molecule has 34 heavy (non-hydrogen) atoms. The fourth-order valence-corrected chi connectivity index (χ4v) is 5.77. The molecule has 2 heterocycles. The van der Waals surface area contributed by atoms with Gasteiger partial charge in [-0.25, -0.2) is 4.39 Å². The van der Waals surface area contributed by atoms with Crippen molar-refractivity contribution in [3.8, 4) is 17.0 Å². The summed E-state index contributed by atoms with van der Waals surface area (Å²) in [5.41, 5.74) is 6.38. The van der Waals surface area contributed by atoms with Crippen LogP contribution in [0.1, 0.15) is 50.4 Å². The summed E-state index contributed by atoms with van der Waals surface area (Å²) in [7, 11) is 3.89. The summed E-state index contributed by atoms with van der Waals surface area (Å²) in [5.74, 6) is 1.22. The van der Waals surface area contributed by atoms with Crippen LogP contribution in [-0.2, 0) is 20.1 Å². The lowest BCUT2D eigenvalue weighted by atomic mass is 9.96. The van der Waals surface area contributed by atoms with Gasteiger partial charge in [-0.3, -0.25) is 4.98 Å². The summed E-state index contributed by atoms with van der Waals surface area (Å²) in [6.45, 7) is 8.61. The number of hydrogen-bond donors (Lipinski definition) is 0. The number of nitrogens with zero attached hydrogens (tertiary/aromatic N) is 2. The minimum atomic E-state index is -0.486. The molecule has 4 rings (SSSR count). The predicted octanol–water partition coefficient (Wildman–Crippen LogP) is 7.96. The van der Waals surface area contributed by atoms with Gasteiger partial charge in [-0.1, -0.05) is 58.0 Å². The number of pyridine rings is 1. The summed E-state index contributed by atoms with van der Waals surface area (Å²) < 4.78 is 20.7. The molecule has 0 fully saturated rings. The van der Waals surface area contributed by atoms with E-state index >= 15 is 0 Å². The fraction of sp³-hybridized carbons (Fsp3) is 0.345. The second-order valence-corrected chi connectivity index (χ2v) is 11.7. The number of rotatable bonds is 7. The van der Waals surface area contributed by atoms with Gasteiger partial charge in [0.2, 0.25) is 0 Å². The number of benzene rings is 2. The van der Waals surface area contributed by atoms with E-state index in [1.165, 1.54) is 27.1 Å². The Labute approximate surface area is 206 Å². The lowest BCUT2D eigenvalue weighted by molar-refractivity contribution is 0.415. The Morgan fingerprint density at radius 2 is 1.74 bits per heavy atom. The Bertz CT molecular complexity index is 1270. The number of methoxy groups -OCH3 is 1. The average Bonchev–Trinajstić information content (AvgIpc) is 3.09. The monoisotopic (exact) mass is 476 g/mol. The minimum absolute atomic E-state index is 0.0954. The molecule has 1 atom stereocenters. The predicted molar refractivity (Wildman–Crippen MR) is 142 cm³/mol. The molecule has 0 aliphatic rings. The number of aryl methyl sites for hydroxylation is 1. The molecule has 0 saturated carbocycles. The van der Waals surface area contributed by atoms with Crippen molar-refractivity contribution in [1.29, 1.82) is 0 Å². The molecular weight excluding hydrogens is 443 g/mol. The molecule has 2 aromatic carbocycles. The summed E-state index contributed by atoms with van der Waals surface area (Å²) in [6.07, 6.45) is 2.54. The second kappa shape index (κ2) is 9.83. The van der Waals surface area contributed by atoms with Crippen molar-refractivity contribution in [2.24, 2.45) is 7.05 Å². The highest BCUT2D eigenvalue weighted by molar-refractivity contribution is 8.00. The van der Waals surface area contributed by atoms with E-state index in [0.717, 1.165) is 23.4 Å². The van der Waals surface area contributed by atoms with E-state index in [9.17, 15) is 4.39 Å². The standard InChI is InChI=1S/C29H33FN2OS/c1-19(15-20-7-10-22(11-8-20)25-13-9-21(17-30)18-31-25)27-28(34-29(2,3)4)24-16-23(33-6)12-14-26(24)32(27)5/h7-14,16,18-19H,15,17H2,1-6H3. The molecule has 0 bridgehead atoms. The molecular formula is C29H33FN2OS. The minimum Gasteiger partial charge on any atom is -0.497 e. The van der Waals surface area contributed by atoms with Crippen LogP contribution in [0.15, 0.2) is 65.7 Å². The van der Waals surface area contributed by atoms with Crippen LogP contribution < -0.4 is 4.74 Å². The number of ether oxygens (including phenoxy) is 1. The summed E-state index contributed by atoms with van der Waals surface area (Å²) in [6, 6.07) is 18.6. The van der Waals surface area contributed by atoms with Crippen LogP contribution in [0.25, 0.3) is 22.2 Å². The molecule has 0 saturated heterocycles. The van der Waals surface area contributed by atoms with Gasteiger partial charge in [-0.2, -0.15) is 0 Å². The van der Waals surface area contributed by atoms with Crippen LogP contribution in [0.5, 0.6) is 5.75 Å². The van der Waals surface area contributed by atoms with Crippen molar-refractivity contribution in [1.82, 2.24) is 9.55 Å². The Morgan fingerprint density at radius 3 is 2.32 bits per heavy atom. The zero-order valence-electron chi connectivity index (χ0n) is 20.9. The van der Waals surface area contributed by atoms with Gasteiger partial charge in [0, 0.05) is 56.5 Å². The Hall–Kier alpha value is -2.79.